The van der Waals surface area contributed by atoms with E-state index in [-0.39, 0.29) is 24.4 Å². The molecule has 1 amide bonds. The second-order valence-electron chi connectivity index (χ2n) is 7.29. The molecule has 2 heterocycles. The molecule has 7 nitrogen and oxygen atoms in total. The molecular weight excluding hydrogens is 414 g/mol. The fourth-order valence-corrected chi connectivity index (χ4v) is 3.60. The highest BCUT2D eigenvalue weighted by Gasteiger charge is 2.17. The Kier molecular flexibility index (Phi) is 6.13. The SMILES string of the molecule is CCCN(Cc1nc2cc(Cl)ccc2c(=O)[nH]1)C(=O)Cc1cnn(-c2ccccc2)c1. The summed E-state index contributed by atoms with van der Waals surface area (Å²) in [4.78, 5) is 34.4. The van der Waals surface area contributed by atoms with Crippen LogP contribution >= 0.6 is 11.6 Å². The number of aromatic nitrogens is 4. The van der Waals surface area contributed by atoms with E-state index in [1.165, 1.54) is 0 Å². The minimum atomic E-state index is -0.246. The number of nitrogens with one attached hydrogen (secondary N) is 1. The highest BCUT2D eigenvalue weighted by atomic mass is 35.5. The van der Waals surface area contributed by atoms with E-state index in [0.717, 1.165) is 17.7 Å². The van der Waals surface area contributed by atoms with Gasteiger partial charge in [0.05, 0.1) is 35.8 Å². The molecule has 1 N–H and O–H groups in total. The summed E-state index contributed by atoms with van der Waals surface area (Å²) >= 11 is 6.04. The summed E-state index contributed by atoms with van der Waals surface area (Å²) in [6.07, 6.45) is 4.57. The van der Waals surface area contributed by atoms with Gasteiger partial charge < -0.3 is 9.88 Å². The zero-order valence-corrected chi connectivity index (χ0v) is 17.8. The predicted octanol–water partition coefficient (Wildman–Crippen LogP) is 3.74. The van der Waals surface area contributed by atoms with E-state index in [2.05, 4.69) is 15.1 Å². The maximum Gasteiger partial charge on any atom is 0.258 e. The second-order valence-corrected chi connectivity index (χ2v) is 7.73. The number of rotatable bonds is 7. The molecule has 4 aromatic rings. The van der Waals surface area contributed by atoms with Gasteiger partial charge in [-0.15, -0.1) is 0 Å². The molecule has 0 atom stereocenters. The number of hydrogen-bond donors (Lipinski definition) is 1. The Balaban J connectivity index is 1.52. The van der Waals surface area contributed by atoms with Crippen molar-refractivity contribution in [1.29, 1.82) is 0 Å². The topological polar surface area (TPSA) is 83.9 Å². The lowest BCUT2D eigenvalue weighted by Gasteiger charge is -2.21. The van der Waals surface area contributed by atoms with E-state index in [1.807, 2.05) is 43.5 Å². The molecule has 0 aliphatic carbocycles. The molecule has 0 radical (unpaired) electrons. The number of benzene rings is 2. The number of fused-ring (bicyclic) bond motifs is 1. The van der Waals surface area contributed by atoms with Crippen molar-refractivity contribution < 1.29 is 4.79 Å². The Morgan fingerprint density at radius 1 is 1.19 bits per heavy atom. The largest absolute Gasteiger partial charge is 0.335 e. The summed E-state index contributed by atoms with van der Waals surface area (Å²) in [6.45, 7) is 2.78. The van der Waals surface area contributed by atoms with Crippen molar-refractivity contribution in [2.24, 2.45) is 0 Å². The van der Waals surface area contributed by atoms with Crippen molar-refractivity contribution >= 4 is 28.4 Å². The Labute approximate surface area is 184 Å². The maximum absolute atomic E-state index is 13.0. The number of carbonyl (C=O) groups is 1. The molecule has 0 spiro atoms. The first-order chi connectivity index (χ1) is 15.0. The van der Waals surface area contributed by atoms with Crippen LogP contribution in [0.25, 0.3) is 16.6 Å². The standard InChI is InChI=1S/C23H22ClN5O2/c1-2-10-28(15-21-26-20-12-17(24)8-9-19(20)23(31)27-21)22(30)11-16-13-25-29(14-16)18-6-4-3-5-7-18/h3-9,12-14H,2,10-11,15H2,1H3,(H,26,27,31). The summed E-state index contributed by atoms with van der Waals surface area (Å²) in [5, 5.41) is 5.33. The van der Waals surface area contributed by atoms with Gasteiger partial charge in [-0.05, 0) is 42.3 Å². The first-order valence-corrected chi connectivity index (χ1v) is 10.5. The van der Waals surface area contributed by atoms with Crippen LogP contribution in [0.15, 0.2) is 65.7 Å². The summed E-state index contributed by atoms with van der Waals surface area (Å²) in [5.74, 6) is 0.379. The number of hydrogen-bond acceptors (Lipinski definition) is 4. The van der Waals surface area contributed by atoms with Crippen molar-refractivity contribution in [3.63, 3.8) is 0 Å². The molecule has 0 bridgehead atoms. The molecule has 4 rings (SSSR count). The maximum atomic E-state index is 13.0. The van der Waals surface area contributed by atoms with Crippen LogP contribution < -0.4 is 5.56 Å². The lowest BCUT2D eigenvalue weighted by Crippen LogP contribution is -2.33. The first-order valence-electron chi connectivity index (χ1n) is 10.1. The Hall–Kier alpha value is -3.45. The van der Waals surface area contributed by atoms with Crippen LogP contribution in [-0.2, 0) is 17.8 Å². The van der Waals surface area contributed by atoms with Crippen LogP contribution in [0.3, 0.4) is 0 Å². The van der Waals surface area contributed by atoms with E-state index in [1.54, 1.807) is 34.0 Å². The third-order valence-corrected chi connectivity index (χ3v) is 5.15. The molecule has 8 heteroatoms. The van der Waals surface area contributed by atoms with Crippen LogP contribution in [0, 0.1) is 0 Å². The van der Waals surface area contributed by atoms with Crippen LogP contribution in [-0.4, -0.2) is 37.1 Å². The van der Waals surface area contributed by atoms with Crippen LogP contribution in [0.4, 0.5) is 0 Å². The molecule has 0 saturated heterocycles. The number of para-hydroxylation sites is 1. The monoisotopic (exact) mass is 435 g/mol. The van der Waals surface area contributed by atoms with Gasteiger partial charge in [0.15, 0.2) is 0 Å². The summed E-state index contributed by atoms with van der Waals surface area (Å²) in [5.41, 5.74) is 2.02. The minimum Gasteiger partial charge on any atom is -0.335 e. The molecule has 0 fully saturated rings. The summed E-state index contributed by atoms with van der Waals surface area (Å²) in [6, 6.07) is 14.7. The minimum absolute atomic E-state index is 0.0525. The van der Waals surface area contributed by atoms with Gasteiger partial charge in [0.25, 0.3) is 5.56 Å². The molecule has 2 aromatic carbocycles. The average molecular weight is 436 g/mol. The van der Waals surface area contributed by atoms with Gasteiger partial charge in [0.1, 0.15) is 5.82 Å². The van der Waals surface area contributed by atoms with Crippen molar-refractivity contribution in [1.82, 2.24) is 24.6 Å². The number of nitrogens with zero attached hydrogens (tertiary/aromatic N) is 4. The Bertz CT molecular complexity index is 1270. The average Bonchev–Trinajstić information content (AvgIpc) is 3.22. The molecule has 2 aromatic heterocycles. The van der Waals surface area contributed by atoms with Crippen molar-refractivity contribution in [2.45, 2.75) is 26.3 Å². The summed E-state index contributed by atoms with van der Waals surface area (Å²) in [7, 11) is 0. The number of halogens is 1. The van der Waals surface area contributed by atoms with Crippen molar-refractivity contribution in [3.8, 4) is 5.69 Å². The predicted molar refractivity (Wildman–Crippen MR) is 120 cm³/mol. The number of aromatic amines is 1. The third-order valence-electron chi connectivity index (χ3n) is 4.92. The van der Waals surface area contributed by atoms with E-state index in [9.17, 15) is 9.59 Å². The Morgan fingerprint density at radius 2 is 2.00 bits per heavy atom. The zero-order valence-electron chi connectivity index (χ0n) is 17.1. The van der Waals surface area contributed by atoms with Crippen LogP contribution in [0.2, 0.25) is 5.02 Å². The highest BCUT2D eigenvalue weighted by Crippen LogP contribution is 2.15. The van der Waals surface area contributed by atoms with Gasteiger partial charge in [-0.25, -0.2) is 9.67 Å². The van der Waals surface area contributed by atoms with Crippen LogP contribution in [0.1, 0.15) is 24.7 Å². The van der Waals surface area contributed by atoms with Gasteiger partial charge in [-0.1, -0.05) is 36.7 Å². The lowest BCUT2D eigenvalue weighted by molar-refractivity contribution is -0.131. The molecule has 0 saturated carbocycles. The zero-order chi connectivity index (χ0) is 21.8. The summed E-state index contributed by atoms with van der Waals surface area (Å²) < 4.78 is 1.75. The quantitative estimate of drug-likeness (QED) is 0.479. The molecule has 0 aliphatic heterocycles. The number of amides is 1. The fourth-order valence-electron chi connectivity index (χ4n) is 3.44. The molecule has 0 aliphatic rings. The fraction of sp³-hybridized carbons (Fsp3) is 0.217. The van der Waals surface area contributed by atoms with Gasteiger partial charge in [0, 0.05) is 17.8 Å². The highest BCUT2D eigenvalue weighted by molar-refractivity contribution is 6.31. The normalized spacial score (nSPS) is 11.0. The van der Waals surface area contributed by atoms with E-state index in [4.69, 9.17) is 11.6 Å². The first kappa shape index (κ1) is 20.8. The van der Waals surface area contributed by atoms with Gasteiger partial charge in [-0.3, -0.25) is 9.59 Å². The Morgan fingerprint density at radius 3 is 2.77 bits per heavy atom. The smallest absolute Gasteiger partial charge is 0.258 e. The van der Waals surface area contributed by atoms with Gasteiger partial charge in [0.2, 0.25) is 5.91 Å². The van der Waals surface area contributed by atoms with Crippen LogP contribution in [0.5, 0.6) is 0 Å². The third kappa shape index (κ3) is 4.83. The van der Waals surface area contributed by atoms with Crippen molar-refractivity contribution in [2.75, 3.05) is 6.54 Å². The second kappa shape index (κ2) is 9.14. The number of carbonyl (C=O) groups excluding carboxylic acids is 1. The van der Waals surface area contributed by atoms with E-state index >= 15 is 0 Å². The lowest BCUT2D eigenvalue weighted by atomic mass is 10.2. The number of H-pyrrole nitrogens is 1. The molecular formula is C23H22ClN5O2. The van der Waals surface area contributed by atoms with Crippen molar-refractivity contribution in [3.05, 3.63) is 87.7 Å². The molecule has 31 heavy (non-hydrogen) atoms. The van der Waals surface area contributed by atoms with Gasteiger partial charge >= 0.3 is 0 Å². The van der Waals surface area contributed by atoms with E-state index < -0.39 is 0 Å². The van der Waals surface area contributed by atoms with E-state index in [0.29, 0.717) is 28.3 Å². The molecule has 0 unspecified atom stereocenters. The van der Waals surface area contributed by atoms with Gasteiger partial charge in [-0.2, -0.15) is 5.10 Å². The molecule has 158 valence electrons.